The third-order valence-corrected chi connectivity index (χ3v) is 1.79. The van der Waals surface area contributed by atoms with Crippen LogP contribution in [-0.4, -0.2) is 5.16 Å². The van der Waals surface area contributed by atoms with E-state index >= 15 is 0 Å². The summed E-state index contributed by atoms with van der Waals surface area (Å²) in [5.74, 6) is 0. The Bertz CT molecular complexity index is 443. The molecule has 4 heteroatoms. The average Bonchev–Trinajstić information content (AvgIpc) is 2.34. The third kappa shape index (κ3) is 0.851. The second-order valence-corrected chi connectivity index (χ2v) is 2.56. The van der Waals surface area contributed by atoms with Crippen LogP contribution in [0.3, 0.4) is 0 Å². The Balaban J connectivity index is 3.08. The first kappa shape index (κ1) is 6.49. The van der Waals surface area contributed by atoms with Crippen molar-refractivity contribution in [2.75, 3.05) is 0 Å². The fraction of sp³-hybridized carbons (Fsp3) is 0. The van der Waals surface area contributed by atoms with Gasteiger partial charge < -0.3 is 4.52 Å². The minimum absolute atomic E-state index is 0.411. The van der Waals surface area contributed by atoms with Gasteiger partial charge in [-0.1, -0.05) is 17.7 Å². The van der Waals surface area contributed by atoms with Crippen LogP contribution in [0.4, 0.5) is 0 Å². The van der Waals surface area contributed by atoms with Crippen molar-refractivity contribution < 1.29 is 4.52 Å². The average molecular weight is 170 g/mol. The lowest BCUT2D eigenvalue weighted by Gasteiger charge is -1.86. The second kappa shape index (κ2) is 2.13. The van der Waals surface area contributed by atoms with E-state index in [0.29, 0.717) is 15.9 Å². The Morgan fingerprint density at radius 1 is 1.45 bits per heavy atom. The molecule has 0 unspecified atom stereocenters. The summed E-state index contributed by atoms with van der Waals surface area (Å²) in [7, 11) is 0. The fourth-order valence-corrected chi connectivity index (χ4v) is 1.22. The maximum atomic E-state index is 10.9. The third-order valence-electron chi connectivity index (χ3n) is 1.47. The summed E-state index contributed by atoms with van der Waals surface area (Å²) in [4.78, 5) is 10.9. The topological polar surface area (TPSA) is 46.0 Å². The molecule has 0 aliphatic carbocycles. The molecule has 56 valence electrons. The SMILES string of the molecule is O=c1o[nH]c2cccc(Cl)c12. The van der Waals surface area contributed by atoms with E-state index in [4.69, 9.17) is 11.6 Å². The van der Waals surface area contributed by atoms with Crippen LogP contribution in [0, 0.1) is 0 Å². The van der Waals surface area contributed by atoms with Crippen LogP contribution >= 0.6 is 11.6 Å². The van der Waals surface area contributed by atoms with Crippen LogP contribution < -0.4 is 5.63 Å². The molecule has 0 radical (unpaired) electrons. The molecule has 2 rings (SSSR count). The number of hydrogen-bond acceptors (Lipinski definition) is 2. The number of aromatic amines is 1. The molecule has 0 aliphatic heterocycles. The Morgan fingerprint density at radius 3 is 3.00 bits per heavy atom. The Morgan fingerprint density at radius 2 is 2.27 bits per heavy atom. The highest BCUT2D eigenvalue weighted by Crippen LogP contribution is 2.17. The largest absolute Gasteiger partial charge is 0.366 e. The normalized spacial score (nSPS) is 10.6. The highest BCUT2D eigenvalue weighted by atomic mass is 35.5. The minimum Gasteiger partial charge on any atom is -0.338 e. The first-order valence-electron chi connectivity index (χ1n) is 3.05. The molecule has 1 aromatic carbocycles. The summed E-state index contributed by atoms with van der Waals surface area (Å²) in [6.07, 6.45) is 0. The van der Waals surface area contributed by atoms with Crippen molar-refractivity contribution in [3.05, 3.63) is 33.6 Å². The first-order chi connectivity index (χ1) is 5.29. The van der Waals surface area contributed by atoms with Gasteiger partial charge in [-0.3, -0.25) is 0 Å². The monoisotopic (exact) mass is 169 g/mol. The van der Waals surface area contributed by atoms with E-state index in [9.17, 15) is 4.79 Å². The standard InChI is InChI=1S/C7H4ClNO2/c8-4-2-1-3-5-6(4)7(10)11-9-5/h1-3,9H. The van der Waals surface area contributed by atoms with Gasteiger partial charge in [0.2, 0.25) is 0 Å². The van der Waals surface area contributed by atoms with Crippen molar-refractivity contribution in [3.63, 3.8) is 0 Å². The molecule has 0 saturated carbocycles. The second-order valence-electron chi connectivity index (χ2n) is 2.15. The predicted octanol–water partition coefficient (Wildman–Crippen LogP) is 1.77. The number of halogens is 1. The van der Waals surface area contributed by atoms with Gasteiger partial charge in [0, 0.05) is 0 Å². The predicted molar refractivity (Wildman–Crippen MR) is 41.8 cm³/mol. The summed E-state index contributed by atoms with van der Waals surface area (Å²) in [5.41, 5.74) is 0.202. The molecule has 0 spiro atoms. The van der Waals surface area contributed by atoms with Crippen LogP contribution in [0.2, 0.25) is 5.02 Å². The number of nitrogens with one attached hydrogen (secondary N) is 1. The zero-order chi connectivity index (χ0) is 7.84. The molecule has 0 amide bonds. The number of rotatable bonds is 0. The van der Waals surface area contributed by atoms with E-state index in [1.54, 1.807) is 18.2 Å². The zero-order valence-corrected chi connectivity index (χ0v) is 6.18. The fourth-order valence-electron chi connectivity index (χ4n) is 0.969. The number of benzene rings is 1. The molecule has 3 nitrogen and oxygen atoms in total. The van der Waals surface area contributed by atoms with Crippen LogP contribution in [0.5, 0.6) is 0 Å². The molecule has 0 bridgehead atoms. The molecule has 11 heavy (non-hydrogen) atoms. The smallest absolute Gasteiger partial charge is 0.338 e. The van der Waals surface area contributed by atoms with E-state index in [-0.39, 0.29) is 0 Å². The molecule has 0 atom stereocenters. The van der Waals surface area contributed by atoms with Crippen molar-refractivity contribution >= 4 is 22.5 Å². The van der Waals surface area contributed by atoms with Gasteiger partial charge in [-0.15, -0.1) is 0 Å². The highest BCUT2D eigenvalue weighted by molar-refractivity contribution is 6.35. The van der Waals surface area contributed by atoms with E-state index < -0.39 is 5.63 Å². The number of aromatic nitrogens is 1. The summed E-state index contributed by atoms with van der Waals surface area (Å²) < 4.78 is 4.53. The summed E-state index contributed by atoms with van der Waals surface area (Å²) >= 11 is 5.72. The van der Waals surface area contributed by atoms with Gasteiger partial charge in [-0.25, -0.2) is 9.95 Å². The van der Waals surface area contributed by atoms with Crippen molar-refractivity contribution in [1.29, 1.82) is 0 Å². The van der Waals surface area contributed by atoms with Crippen LogP contribution in [0.25, 0.3) is 10.9 Å². The lowest BCUT2D eigenvalue weighted by molar-refractivity contribution is 0.400. The highest BCUT2D eigenvalue weighted by Gasteiger charge is 2.05. The summed E-state index contributed by atoms with van der Waals surface area (Å²) in [5, 5.41) is 3.28. The molecular formula is C7H4ClNO2. The van der Waals surface area contributed by atoms with E-state index in [2.05, 4.69) is 9.68 Å². The lowest BCUT2D eigenvalue weighted by Crippen LogP contribution is -1.90. The van der Waals surface area contributed by atoms with Gasteiger partial charge in [0.25, 0.3) is 0 Å². The molecule has 2 aromatic rings. The molecule has 1 N–H and O–H groups in total. The molecule has 0 saturated heterocycles. The Labute approximate surface area is 66.5 Å². The van der Waals surface area contributed by atoms with Gasteiger partial charge in [-0.05, 0) is 12.1 Å². The number of H-pyrrole nitrogens is 1. The molecule has 1 aromatic heterocycles. The molecular weight excluding hydrogens is 166 g/mol. The van der Waals surface area contributed by atoms with Crippen molar-refractivity contribution in [2.45, 2.75) is 0 Å². The maximum Gasteiger partial charge on any atom is 0.366 e. The van der Waals surface area contributed by atoms with E-state index in [1.807, 2.05) is 0 Å². The van der Waals surface area contributed by atoms with Crippen LogP contribution in [0.1, 0.15) is 0 Å². The molecule has 0 fully saturated rings. The minimum atomic E-state index is -0.425. The maximum absolute atomic E-state index is 10.9. The van der Waals surface area contributed by atoms with Gasteiger partial charge in [0.15, 0.2) is 0 Å². The number of hydrogen-bond donors (Lipinski definition) is 1. The van der Waals surface area contributed by atoms with Gasteiger partial charge in [0.05, 0.1) is 10.5 Å². The van der Waals surface area contributed by atoms with Crippen molar-refractivity contribution in [3.8, 4) is 0 Å². The van der Waals surface area contributed by atoms with Gasteiger partial charge in [0.1, 0.15) is 5.39 Å². The summed E-state index contributed by atoms with van der Waals surface area (Å²) in [6.45, 7) is 0. The first-order valence-corrected chi connectivity index (χ1v) is 3.42. The van der Waals surface area contributed by atoms with E-state index in [0.717, 1.165) is 0 Å². The summed E-state index contributed by atoms with van der Waals surface area (Å²) in [6, 6.07) is 5.12. The van der Waals surface area contributed by atoms with Crippen molar-refractivity contribution in [1.82, 2.24) is 5.16 Å². The van der Waals surface area contributed by atoms with Crippen LogP contribution in [0.15, 0.2) is 27.5 Å². The van der Waals surface area contributed by atoms with Crippen LogP contribution in [-0.2, 0) is 0 Å². The quantitative estimate of drug-likeness (QED) is 0.654. The molecule has 1 heterocycles. The van der Waals surface area contributed by atoms with Gasteiger partial charge >= 0.3 is 5.63 Å². The number of fused-ring (bicyclic) bond motifs is 1. The van der Waals surface area contributed by atoms with Crippen molar-refractivity contribution in [2.24, 2.45) is 0 Å². The Kier molecular flexibility index (Phi) is 1.26. The Hall–Kier alpha value is -1.22. The lowest BCUT2D eigenvalue weighted by atomic mass is 10.3. The zero-order valence-electron chi connectivity index (χ0n) is 5.43. The van der Waals surface area contributed by atoms with E-state index in [1.165, 1.54) is 0 Å². The molecule has 0 aliphatic rings. The van der Waals surface area contributed by atoms with Gasteiger partial charge in [-0.2, -0.15) is 0 Å².